The number of aromatic nitrogens is 2. The maximum atomic E-state index is 12.8. The van der Waals surface area contributed by atoms with Gasteiger partial charge in [0.05, 0.1) is 12.1 Å². The largest absolute Gasteiger partial charge is 0.326 e. The van der Waals surface area contributed by atoms with Crippen LogP contribution >= 0.6 is 11.6 Å². The third kappa shape index (κ3) is 5.02. The van der Waals surface area contributed by atoms with Gasteiger partial charge in [0.1, 0.15) is 0 Å². The normalized spacial score (nSPS) is 19.3. The van der Waals surface area contributed by atoms with E-state index in [4.69, 9.17) is 11.6 Å². The van der Waals surface area contributed by atoms with Gasteiger partial charge in [-0.1, -0.05) is 23.7 Å². The van der Waals surface area contributed by atoms with Crippen LogP contribution in [0.25, 0.3) is 10.9 Å². The van der Waals surface area contributed by atoms with E-state index in [1.807, 2.05) is 41.2 Å². The zero-order chi connectivity index (χ0) is 21.1. The minimum absolute atomic E-state index is 0.0760. The molecule has 1 N–H and O–H groups in total. The Bertz CT molecular complexity index is 1000. The molecule has 158 valence electrons. The minimum atomic E-state index is 0.0760. The molecule has 1 amide bonds. The van der Waals surface area contributed by atoms with Gasteiger partial charge in [-0.05, 0) is 81.6 Å². The molecule has 0 bridgehead atoms. The standard InChI is InChI=1S/C24H29ClN4O/c1-28(2)13-14-29-16-20-15-22(11-12-23(20)27-29)26-24(30)19-5-3-17(4-6-19)18-7-9-21(25)10-8-18/h7-12,15-17,19H,3-6,13-14H2,1-2H3,(H,26,30). The fraction of sp³-hybridized carbons (Fsp3) is 0.417. The zero-order valence-corrected chi connectivity index (χ0v) is 18.4. The van der Waals surface area contributed by atoms with Crippen LogP contribution in [0.2, 0.25) is 5.02 Å². The molecular formula is C24H29ClN4O. The van der Waals surface area contributed by atoms with Crippen LogP contribution in [0.15, 0.2) is 48.7 Å². The van der Waals surface area contributed by atoms with Crippen molar-refractivity contribution in [1.29, 1.82) is 0 Å². The Hall–Kier alpha value is -2.37. The second kappa shape index (κ2) is 9.19. The SMILES string of the molecule is CN(C)CCn1cc2cc(NC(=O)C3CCC(c4ccc(Cl)cc4)CC3)ccc2n1. The number of likely N-dealkylation sites (N-methyl/N-ethyl adjacent to an activating group) is 1. The van der Waals surface area contributed by atoms with E-state index in [0.717, 1.165) is 60.4 Å². The fourth-order valence-corrected chi connectivity index (χ4v) is 4.37. The number of nitrogens with one attached hydrogen (secondary N) is 1. The van der Waals surface area contributed by atoms with Gasteiger partial charge in [-0.2, -0.15) is 5.10 Å². The van der Waals surface area contributed by atoms with Crippen molar-refractivity contribution in [3.8, 4) is 0 Å². The van der Waals surface area contributed by atoms with Crippen molar-refractivity contribution in [3.63, 3.8) is 0 Å². The van der Waals surface area contributed by atoms with Gasteiger partial charge in [0, 0.05) is 34.8 Å². The molecular weight excluding hydrogens is 396 g/mol. The number of halogens is 1. The molecule has 1 aliphatic carbocycles. The number of carbonyl (C=O) groups is 1. The average molecular weight is 425 g/mol. The van der Waals surface area contributed by atoms with Crippen molar-refractivity contribution in [2.24, 2.45) is 5.92 Å². The number of anilines is 1. The van der Waals surface area contributed by atoms with Crippen molar-refractivity contribution < 1.29 is 4.79 Å². The van der Waals surface area contributed by atoms with Crippen molar-refractivity contribution in [3.05, 3.63) is 59.2 Å². The molecule has 2 aromatic carbocycles. The van der Waals surface area contributed by atoms with Crippen LogP contribution < -0.4 is 5.32 Å². The lowest BCUT2D eigenvalue weighted by molar-refractivity contribution is -0.120. The second-order valence-electron chi connectivity index (χ2n) is 8.56. The van der Waals surface area contributed by atoms with Crippen LogP contribution in [0, 0.1) is 5.92 Å². The monoisotopic (exact) mass is 424 g/mol. The molecule has 0 atom stereocenters. The number of amides is 1. The first-order chi connectivity index (χ1) is 14.5. The molecule has 3 aromatic rings. The summed E-state index contributed by atoms with van der Waals surface area (Å²) >= 11 is 6.00. The molecule has 30 heavy (non-hydrogen) atoms. The molecule has 1 aliphatic rings. The first kappa shape index (κ1) is 20.9. The third-order valence-corrected chi connectivity index (χ3v) is 6.29. The number of hydrogen-bond acceptors (Lipinski definition) is 3. The summed E-state index contributed by atoms with van der Waals surface area (Å²) in [4.78, 5) is 15.0. The first-order valence-corrected chi connectivity index (χ1v) is 11.0. The van der Waals surface area contributed by atoms with Gasteiger partial charge in [0.25, 0.3) is 0 Å². The molecule has 1 saturated carbocycles. The summed E-state index contributed by atoms with van der Waals surface area (Å²) in [5.41, 5.74) is 3.13. The predicted molar refractivity (Wildman–Crippen MR) is 123 cm³/mol. The van der Waals surface area contributed by atoms with E-state index in [0.29, 0.717) is 5.92 Å². The van der Waals surface area contributed by atoms with E-state index in [-0.39, 0.29) is 11.8 Å². The number of hydrogen-bond donors (Lipinski definition) is 1. The Labute approximate surface area is 183 Å². The van der Waals surface area contributed by atoms with E-state index in [1.54, 1.807) is 0 Å². The van der Waals surface area contributed by atoms with Gasteiger partial charge in [0.2, 0.25) is 5.91 Å². The van der Waals surface area contributed by atoms with Crippen LogP contribution in [-0.2, 0) is 11.3 Å². The molecule has 0 radical (unpaired) electrons. The lowest BCUT2D eigenvalue weighted by Crippen LogP contribution is -2.26. The van der Waals surface area contributed by atoms with Crippen LogP contribution in [-0.4, -0.2) is 41.2 Å². The fourth-order valence-electron chi connectivity index (χ4n) is 4.24. The van der Waals surface area contributed by atoms with Crippen LogP contribution in [0.4, 0.5) is 5.69 Å². The molecule has 0 spiro atoms. The van der Waals surface area contributed by atoms with E-state index >= 15 is 0 Å². The highest BCUT2D eigenvalue weighted by Crippen LogP contribution is 2.36. The number of rotatable bonds is 6. The summed E-state index contributed by atoms with van der Waals surface area (Å²) in [6.45, 7) is 1.79. The number of carbonyl (C=O) groups excluding carboxylic acids is 1. The topological polar surface area (TPSA) is 50.2 Å². The van der Waals surface area contributed by atoms with Gasteiger partial charge in [-0.25, -0.2) is 0 Å². The molecule has 5 nitrogen and oxygen atoms in total. The summed E-state index contributed by atoms with van der Waals surface area (Å²) < 4.78 is 1.97. The Balaban J connectivity index is 1.34. The average Bonchev–Trinajstić information content (AvgIpc) is 3.15. The summed E-state index contributed by atoms with van der Waals surface area (Å²) in [6.07, 6.45) is 5.97. The molecule has 4 rings (SSSR count). The van der Waals surface area contributed by atoms with Crippen molar-refractivity contribution in [2.75, 3.05) is 26.0 Å². The Morgan fingerprint density at radius 3 is 2.57 bits per heavy atom. The maximum Gasteiger partial charge on any atom is 0.227 e. The van der Waals surface area contributed by atoms with Crippen molar-refractivity contribution >= 4 is 34.1 Å². The van der Waals surface area contributed by atoms with Crippen LogP contribution in [0.1, 0.15) is 37.2 Å². The highest BCUT2D eigenvalue weighted by Gasteiger charge is 2.27. The zero-order valence-electron chi connectivity index (χ0n) is 17.6. The minimum Gasteiger partial charge on any atom is -0.326 e. The van der Waals surface area contributed by atoms with Crippen LogP contribution in [0.5, 0.6) is 0 Å². The van der Waals surface area contributed by atoms with Gasteiger partial charge >= 0.3 is 0 Å². The number of benzene rings is 2. The molecule has 1 heterocycles. The number of fused-ring (bicyclic) bond motifs is 1. The Morgan fingerprint density at radius 1 is 1.13 bits per heavy atom. The highest BCUT2D eigenvalue weighted by molar-refractivity contribution is 6.30. The summed E-state index contributed by atoms with van der Waals surface area (Å²) in [7, 11) is 4.11. The van der Waals surface area contributed by atoms with E-state index < -0.39 is 0 Å². The molecule has 0 unspecified atom stereocenters. The first-order valence-electron chi connectivity index (χ1n) is 10.7. The maximum absolute atomic E-state index is 12.8. The predicted octanol–water partition coefficient (Wildman–Crippen LogP) is 5.16. The lowest BCUT2D eigenvalue weighted by atomic mass is 9.78. The van der Waals surface area contributed by atoms with Crippen molar-refractivity contribution in [2.45, 2.75) is 38.1 Å². The number of nitrogens with zero attached hydrogens (tertiary/aromatic N) is 3. The summed E-state index contributed by atoms with van der Waals surface area (Å²) in [5, 5.41) is 9.55. The second-order valence-corrected chi connectivity index (χ2v) is 8.99. The van der Waals surface area contributed by atoms with E-state index in [9.17, 15) is 4.79 Å². The Kier molecular flexibility index (Phi) is 6.40. The lowest BCUT2D eigenvalue weighted by Gasteiger charge is -2.28. The van der Waals surface area contributed by atoms with Gasteiger partial charge < -0.3 is 10.2 Å². The highest BCUT2D eigenvalue weighted by atomic mass is 35.5. The third-order valence-electron chi connectivity index (χ3n) is 6.04. The Morgan fingerprint density at radius 2 is 1.87 bits per heavy atom. The van der Waals surface area contributed by atoms with E-state index in [1.165, 1.54) is 5.56 Å². The molecule has 0 saturated heterocycles. The van der Waals surface area contributed by atoms with Crippen LogP contribution in [0.3, 0.4) is 0 Å². The van der Waals surface area contributed by atoms with Crippen molar-refractivity contribution in [1.82, 2.24) is 14.7 Å². The van der Waals surface area contributed by atoms with E-state index in [2.05, 4.69) is 41.5 Å². The summed E-state index contributed by atoms with van der Waals surface area (Å²) in [5.74, 6) is 0.728. The summed E-state index contributed by atoms with van der Waals surface area (Å²) in [6, 6.07) is 14.1. The van der Waals surface area contributed by atoms with Gasteiger partial charge in [0.15, 0.2) is 0 Å². The van der Waals surface area contributed by atoms with Gasteiger partial charge in [-0.15, -0.1) is 0 Å². The molecule has 0 aliphatic heterocycles. The molecule has 1 fully saturated rings. The van der Waals surface area contributed by atoms with Gasteiger partial charge in [-0.3, -0.25) is 9.48 Å². The smallest absolute Gasteiger partial charge is 0.227 e. The molecule has 1 aromatic heterocycles. The molecule has 6 heteroatoms. The quantitative estimate of drug-likeness (QED) is 0.594.